The molecule has 2 aromatic rings. The second-order valence-corrected chi connectivity index (χ2v) is 9.26. The van der Waals surface area contributed by atoms with Crippen molar-refractivity contribution in [2.75, 3.05) is 25.5 Å². The Morgan fingerprint density at radius 3 is 2.54 bits per heavy atom. The summed E-state index contributed by atoms with van der Waals surface area (Å²) in [4.78, 5) is 14.8. The third-order valence-electron chi connectivity index (χ3n) is 4.35. The van der Waals surface area contributed by atoms with Crippen LogP contribution in [-0.2, 0) is 16.4 Å². The van der Waals surface area contributed by atoms with Gasteiger partial charge in [-0.3, -0.25) is 4.79 Å². The summed E-state index contributed by atoms with van der Waals surface area (Å²) in [6.45, 7) is 0.536. The maximum Gasteiger partial charge on any atom is 0.259 e. The lowest BCUT2D eigenvalue weighted by molar-refractivity contribution is 0.0985. The highest BCUT2D eigenvalue weighted by Crippen LogP contribution is 2.32. The molecule has 0 bridgehead atoms. The highest BCUT2D eigenvalue weighted by molar-refractivity contribution is 7.89. The minimum atomic E-state index is -3.66. The van der Waals surface area contributed by atoms with Crippen LogP contribution in [0.4, 0.5) is 5.69 Å². The van der Waals surface area contributed by atoms with Crippen LogP contribution in [0.3, 0.4) is 0 Å². The number of carbonyl (C=O) groups is 1. The highest BCUT2D eigenvalue weighted by Gasteiger charge is 2.27. The molecule has 0 unspecified atom stereocenters. The molecular formula is C18H18Cl2N2O3S. The van der Waals surface area contributed by atoms with Gasteiger partial charge in [0.05, 0.1) is 15.5 Å². The Bertz CT molecular complexity index is 974. The molecule has 0 saturated heterocycles. The minimum Gasteiger partial charge on any atom is -0.308 e. The van der Waals surface area contributed by atoms with Gasteiger partial charge in [-0.25, -0.2) is 12.7 Å². The van der Waals surface area contributed by atoms with Gasteiger partial charge >= 0.3 is 0 Å². The second kappa shape index (κ2) is 7.19. The minimum absolute atomic E-state index is 0.0311. The fourth-order valence-electron chi connectivity index (χ4n) is 2.96. The van der Waals surface area contributed by atoms with E-state index in [9.17, 15) is 13.2 Å². The first kappa shape index (κ1) is 19.2. The molecule has 1 heterocycles. The van der Waals surface area contributed by atoms with Crippen LogP contribution in [0.2, 0.25) is 10.0 Å². The van der Waals surface area contributed by atoms with Gasteiger partial charge in [0.15, 0.2) is 0 Å². The summed E-state index contributed by atoms with van der Waals surface area (Å²) < 4.78 is 25.8. The molecule has 8 heteroatoms. The topological polar surface area (TPSA) is 57.7 Å². The molecule has 3 rings (SSSR count). The van der Waals surface area contributed by atoms with E-state index < -0.39 is 10.0 Å². The number of fused-ring (bicyclic) bond motifs is 1. The van der Waals surface area contributed by atoms with Crippen LogP contribution in [0.15, 0.2) is 41.3 Å². The Labute approximate surface area is 163 Å². The van der Waals surface area contributed by atoms with Crippen LogP contribution in [-0.4, -0.2) is 39.3 Å². The van der Waals surface area contributed by atoms with Crippen molar-refractivity contribution in [2.45, 2.75) is 17.7 Å². The number of sulfonamides is 1. The number of halogens is 2. The molecule has 0 saturated carbocycles. The van der Waals surface area contributed by atoms with Crippen molar-refractivity contribution in [3.05, 3.63) is 57.6 Å². The Hall–Kier alpha value is -1.60. The van der Waals surface area contributed by atoms with Crippen molar-refractivity contribution in [3.8, 4) is 0 Å². The van der Waals surface area contributed by atoms with E-state index in [2.05, 4.69) is 0 Å². The summed E-state index contributed by atoms with van der Waals surface area (Å²) in [5.74, 6) is -0.325. The first-order chi connectivity index (χ1) is 12.2. The summed E-state index contributed by atoms with van der Waals surface area (Å²) in [6, 6.07) is 9.58. The number of rotatable bonds is 3. The molecule has 1 amide bonds. The van der Waals surface area contributed by atoms with Crippen molar-refractivity contribution in [3.63, 3.8) is 0 Å². The van der Waals surface area contributed by atoms with Crippen molar-refractivity contribution in [1.29, 1.82) is 0 Å². The van der Waals surface area contributed by atoms with Gasteiger partial charge in [0.2, 0.25) is 10.0 Å². The SMILES string of the molecule is CN(C)S(=O)(=O)c1ccc(Cl)c(C(=O)N2CCCc3cc(Cl)ccc32)c1. The van der Waals surface area contributed by atoms with Crippen LogP contribution in [0.25, 0.3) is 0 Å². The number of amides is 1. The number of benzene rings is 2. The number of anilines is 1. The fourth-order valence-corrected chi connectivity index (χ4v) is 4.28. The van der Waals surface area contributed by atoms with E-state index in [1.807, 2.05) is 12.1 Å². The molecule has 0 aromatic heterocycles. The number of hydrogen-bond acceptors (Lipinski definition) is 3. The standard InChI is InChI=1S/C18H18Cl2N2O3S/c1-21(2)26(24,25)14-6-7-16(20)15(11-14)18(23)22-9-3-4-12-10-13(19)5-8-17(12)22/h5-8,10-11H,3-4,9H2,1-2H3. The van der Waals surface area contributed by atoms with Crippen LogP contribution in [0.5, 0.6) is 0 Å². The van der Waals surface area contributed by atoms with Gasteiger partial charge in [-0.05, 0) is 54.8 Å². The quantitative estimate of drug-likeness (QED) is 0.769. The van der Waals surface area contributed by atoms with E-state index in [-0.39, 0.29) is 21.4 Å². The van der Waals surface area contributed by atoms with E-state index >= 15 is 0 Å². The molecule has 138 valence electrons. The first-order valence-electron chi connectivity index (χ1n) is 8.04. The lowest BCUT2D eigenvalue weighted by Gasteiger charge is -2.30. The first-order valence-corrected chi connectivity index (χ1v) is 10.2. The predicted octanol–water partition coefficient (Wildman–Crippen LogP) is 3.84. The molecule has 2 aromatic carbocycles. The van der Waals surface area contributed by atoms with Gasteiger partial charge < -0.3 is 4.90 Å². The second-order valence-electron chi connectivity index (χ2n) is 6.26. The monoisotopic (exact) mass is 412 g/mol. The summed E-state index contributed by atoms with van der Waals surface area (Å²) >= 11 is 12.3. The maximum absolute atomic E-state index is 13.1. The summed E-state index contributed by atoms with van der Waals surface area (Å²) in [5, 5.41) is 0.837. The van der Waals surface area contributed by atoms with Crippen LogP contribution in [0, 0.1) is 0 Å². The largest absolute Gasteiger partial charge is 0.308 e. The smallest absolute Gasteiger partial charge is 0.259 e. The van der Waals surface area contributed by atoms with E-state index in [1.165, 1.54) is 32.3 Å². The summed E-state index contributed by atoms with van der Waals surface area (Å²) in [7, 11) is -0.779. The Balaban J connectivity index is 2.05. The van der Waals surface area contributed by atoms with Gasteiger partial charge in [-0.1, -0.05) is 23.2 Å². The maximum atomic E-state index is 13.1. The molecule has 1 aliphatic rings. The molecule has 0 fully saturated rings. The number of aryl methyl sites for hydroxylation is 1. The normalized spacial score (nSPS) is 14.4. The Morgan fingerprint density at radius 2 is 1.85 bits per heavy atom. The molecule has 0 aliphatic carbocycles. The Morgan fingerprint density at radius 1 is 1.12 bits per heavy atom. The molecular weight excluding hydrogens is 395 g/mol. The fraction of sp³-hybridized carbons (Fsp3) is 0.278. The zero-order chi connectivity index (χ0) is 19.1. The van der Waals surface area contributed by atoms with Crippen molar-refractivity contribution in [1.82, 2.24) is 4.31 Å². The van der Waals surface area contributed by atoms with Gasteiger partial charge in [0.25, 0.3) is 5.91 Å². The zero-order valence-corrected chi connectivity index (χ0v) is 16.7. The van der Waals surface area contributed by atoms with Gasteiger partial charge in [-0.2, -0.15) is 0 Å². The van der Waals surface area contributed by atoms with Crippen LogP contribution >= 0.6 is 23.2 Å². The highest BCUT2D eigenvalue weighted by atomic mass is 35.5. The van der Waals surface area contributed by atoms with Gasteiger partial charge in [-0.15, -0.1) is 0 Å². The molecule has 1 aliphatic heterocycles. The van der Waals surface area contributed by atoms with Crippen molar-refractivity contribution < 1.29 is 13.2 Å². The van der Waals surface area contributed by atoms with Crippen LogP contribution < -0.4 is 4.90 Å². The molecule has 0 N–H and O–H groups in total. The number of carbonyl (C=O) groups excluding carboxylic acids is 1. The van der Waals surface area contributed by atoms with E-state index in [0.29, 0.717) is 11.6 Å². The summed E-state index contributed by atoms with van der Waals surface area (Å²) in [6.07, 6.45) is 1.63. The predicted molar refractivity (Wildman–Crippen MR) is 104 cm³/mol. The molecule has 0 atom stereocenters. The third kappa shape index (κ3) is 3.47. The van der Waals surface area contributed by atoms with Crippen LogP contribution in [0.1, 0.15) is 22.3 Å². The summed E-state index contributed by atoms with van der Waals surface area (Å²) in [5.41, 5.74) is 1.94. The lowest BCUT2D eigenvalue weighted by atomic mass is 10.0. The molecule has 0 radical (unpaired) electrons. The van der Waals surface area contributed by atoms with Crippen molar-refractivity contribution in [2.24, 2.45) is 0 Å². The average molecular weight is 413 g/mol. The van der Waals surface area contributed by atoms with Gasteiger partial charge in [0, 0.05) is 31.4 Å². The van der Waals surface area contributed by atoms with E-state index in [0.717, 1.165) is 28.4 Å². The molecule has 0 spiro atoms. The van der Waals surface area contributed by atoms with Crippen molar-refractivity contribution >= 4 is 44.8 Å². The van der Waals surface area contributed by atoms with Gasteiger partial charge in [0.1, 0.15) is 0 Å². The number of hydrogen-bond donors (Lipinski definition) is 0. The third-order valence-corrected chi connectivity index (χ3v) is 6.73. The average Bonchev–Trinajstić information content (AvgIpc) is 2.60. The number of nitrogens with zero attached hydrogens (tertiary/aromatic N) is 2. The zero-order valence-electron chi connectivity index (χ0n) is 14.4. The Kier molecular flexibility index (Phi) is 5.30. The lowest BCUT2D eigenvalue weighted by Crippen LogP contribution is -2.35. The van der Waals surface area contributed by atoms with E-state index in [4.69, 9.17) is 23.2 Å². The molecule has 5 nitrogen and oxygen atoms in total. The molecule has 26 heavy (non-hydrogen) atoms. The van der Waals surface area contributed by atoms with E-state index in [1.54, 1.807) is 11.0 Å².